The molecule has 5 nitrogen and oxygen atoms in total. The van der Waals surface area contributed by atoms with Crippen LogP contribution in [0.5, 0.6) is 0 Å². The molecule has 0 N–H and O–H groups in total. The molecule has 0 aromatic heterocycles. The zero-order valence-corrected chi connectivity index (χ0v) is 19.5. The van der Waals surface area contributed by atoms with Crippen LogP contribution in [-0.4, -0.2) is 37.9 Å². The fourth-order valence-electron chi connectivity index (χ4n) is 2.95. The van der Waals surface area contributed by atoms with Crippen LogP contribution in [0, 0.1) is 31.6 Å². The van der Waals surface area contributed by atoms with Gasteiger partial charge in [0.15, 0.2) is 5.97 Å². The standard InChI is InChI=1S/C18H31O5.CH3.Y/c1-7-18(5,11-22-13(4)19)17(20)23-15-9-8-14(12(2)3)10-16(15)21-6;;/h12,14-16H,4,7-11H2,1-3,5-6H3;1H3;/q2*-1;/t14-,15-,16-,18+;;/m1../s1. The maximum Gasteiger partial charge on any atom is 0.315 e. The van der Waals surface area contributed by atoms with Crippen molar-refractivity contribution in [1.82, 2.24) is 0 Å². The minimum Gasteiger partial charge on any atom is -0.487 e. The molecule has 0 saturated heterocycles. The summed E-state index contributed by atoms with van der Waals surface area (Å²) in [6, 6.07) is 0. The number of methoxy groups -OCH3 is 1. The number of esters is 2. The Morgan fingerprint density at radius 2 is 1.84 bits per heavy atom. The number of hydrogen-bond donors (Lipinski definition) is 0. The maximum atomic E-state index is 12.6. The number of carbonyl (C=O) groups excluding carboxylic acids is 2. The van der Waals surface area contributed by atoms with Gasteiger partial charge in [-0.1, -0.05) is 20.8 Å². The SMILES string of the molecule is [CH2-]C(=O)OC[C@](C)(CC)C(=O)O[C@@H]1CC[C@@H](C(C)C)C[C@H]1OC.[CH3-].[Y]. The van der Waals surface area contributed by atoms with Crippen molar-refractivity contribution in [2.75, 3.05) is 13.7 Å². The van der Waals surface area contributed by atoms with Crippen molar-refractivity contribution in [3.63, 3.8) is 0 Å². The minimum absolute atomic E-state index is 0. The van der Waals surface area contributed by atoms with Crippen LogP contribution in [0.3, 0.4) is 0 Å². The molecule has 0 unspecified atom stereocenters. The zero-order valence-electron chi connectivity index (χ0n) is 16.7. The molecule has 0 amide bonds. The van der Waals surface area contributed by atoms with Gasteiger partial charge in [-0.25, -0.2) is 0 Å². The largest absolute Gasteiger partial charge is 0.487 e. The van der Waals surface area contributed by atoms with Gasteiger partial charge in [0, 0.05) is 39.8 Å². The van der Waals surface area contributed by atoms with Gasteiger partial charge in [-0.05, 0) is 44.4 Å². The molecule has 145 valence electrons. The Balaban J connectivity index is 0. The second-order valence-electron chi connectivity index (χ2n) is 7.11. The molecular weight excluding hydrogens is 397 g/mol. The van der Waals surface area contributed by atoms with Gasteiger partial charge >= 0.3 is 5.97 Å². The van der Waals surface area contributed by atoms with Crippen LogP contribution in [0.2, 0.25) is 0 Å². The molecule has 1 radical (unpaired) electrons. The summed E-state index contributed by atoms with van der Waals surface area (Å²) in [6.45, 7) is 11.2. The van der Waals surface area contributed by atoms with Crippen LogP contribution in [-0.2, 0) is 56.5 Å². The van der Waals surface area contributed by atoms with E-state index >= 15 is 0 Å². The van der Waals surface area contributed by atoms with Crippen molar-refractivity contribution >= 4 is 11.9 Å². The van der Waals surface area contributed by atoms with Gasteiger partial charge in [-0.3, -0.25) is 16.5 Å². The van der Waals surface area contributed by atoms with Gasteiger partial charge in [0.25, 0.3) is 0 Å². The first kappa shape index (κ1) is 27.1. The van der Waals surface area contributed by atoms with Crippen LogP contribution < -0.4 is 0 Å². The fourth-order valence-corrected chi connectivity index (χ4v) is 2.95. The van der Waals surface area contributed by atoms with E-state index in [0.29, 0.717) is 18.3 Å². The summed E-state index contributed by atoms with van der Waals surface area (Å²) in [4.78, 5) is 23.5. The molecule has 0 aromatic rings. The Labute approximate surface area is 178 Å². The Kier molecular flexibility index (Phi) is 13.3. The molecule has 0 aromatic carbocycles. The molecule has 1 fully saturated rings. The third-order valence-corrected chi connectivity index (χ3v) is 5.10. The van der Waals surface area contributed by atoms with Crippen molar-refractivity contribution in [3.8, 4) is 0 Å². The molecule has 1 saturated carbocycles. The molecule has 1 rings (SSSR count). The van der Waals surface area contributed by atoms with Crippen LogP contribution in [0.15, 0.2) is 0 Å². The van der Waals surface area contributed by atoms with Crippen LogP contribution in [0.25, 0.3) is 0 Å². The molecular formula is C19H34O5Y-2. The van der Waals surface area contributed by atoms with Gasteiger partial charge < -0.3 is 21.6 Å². The van der Waals surface area contributed by atoms with E-state index in [9.17, 15) is 9.59 Å². The van der Waals surface area contributed by atoms with Crippen LogP contribution in [0.4, 0.5) is 0 Å². The summed E-state index contributed by atoms with van der Waals surface area (Å²) >= 11 is 0. The van der Waals surface area contributed by atoms with E-state index in [1.54, 1.807) is 14.0 Å². The van der Waals surface area contributed by atoms with Gasteiger partial charge in [-0.2, -0.15) is 0 Å². The third-order valence-electron chi connectivity index (χ3n) is 5.10. The summed E-state index contributed by atoms with van der Waals surface area (Å²) in [7, 11) is 1.66. The second-order valence-corrected chi connectivity index (χ2v) is 7.11. The van der Waals surface area contributed by atoms with E-state index in [1.807, 2.05) is 6.92 Å². The molecule has 25 heavy (non-hydrogen) atoms. The normalized spacial score (nSPS) is 25.1. The van der Waals surface area contributed by atoms with Gasteiger partial charge in [0.1, 0.15) is 12.7 Å². The van der Waals surface area contributed by atoms with Crippen LogP contribution in [0.1, 0.15) is 53.4 Å². The molecule has 0 bridgehead atoms. The maximum absolute atomic E-state index is 12.6. The first-order valence-corrected chi connectivity index (χ1v) is 8.46. The predicted octanol–water partition coefficient (Wildman–Crippen LogP) is 3.61. The first-order valence-electron chi connectivity index (χ1n) is 8.46. The summed E-state index contributed by atoms with van der Waals surface area (Å²) in [5.41, 5.74) is -0.847. The van der Waals surface area contributed by atoms with Gasteiger partial charge in [0.2, 0.25) is 0 Å². The summed E-state index contributed by atoms with van der Waals surface area (Å²) in [5.74, 6) is 0.224. The van der Waals surface area contributed by atoms with Crippen LogP contribution >= 0.6 is 0 Å². The molecule has 1 aliphatic rings. The number of hydrogen-bond acceptors (Lipinski definition) is 5. The quantitative estimate of drug-likeness (QED) is 0.455. The van der Waals surface area contributed by atoms with Gasteiger partial charge in [-0.15, -0.1) is 0 Å². The average molecular weight is 431 g/mol. The molecule has 0 heterocycles. The van der Waals surface area contributed by atoms with E-state index in [-0.39, 0.29) is 64.9 Å². The van der Waals surface area contributed by atoms with Crippen molar-refractivity contribution in [1.29, 1.82) is 0 Å². The van der Waals surface area contributed by atoms with Crippen molar-refractivity contribution in [2.24, 2.45) is 17.3 Å². The van der Waals surface area contributed by atoms with Gasteiger partial charge in [0.05, 0.1) is 11.5 Å². The third kappa shape index (κ3) is 7.96. The Morgan fingerprint density at radius 1 is 1.24 bits per heavy atom. The number of ether oxygens (including phenoxy) is 3. The molecule has 4 atom stereocenters. The summed E-state index contributed by atoms with van der Waals surface area (Å²) in [6.07, 6.45) is 2.97. The first-order chi connectivity index (χ1) is 10.7. The summed E-state index contributed by atoms with van der Waals surface area (Å²) < 4.78 is 16.2. The Hall–Kier alpha value is -0.126. The monoisotopic (exact) mass is 431 g/mol. The van der Waals surface area contributed by atoms with E-state index < -0.39 is 11.4 Å². The topological polar surface area (TPSA) is 61.8 Å². The summed E-state index contributed by atoms with van der Waals surface area (Å²) in [5, 5.41) is 0. The van der Waals surface area contributed by atoms with E-state index in [1.165, 1.54) is 0 Å². The van der Waals surface area contributed by atoms with E-state index in [2.05, 4.69) is 20.8 Å². The smallest absolute Gasteiger partial charge is 0.315 e. The molecule has 6 heteroatoms. The Bertz CT molecular complexity index is 413. The molecule has 0 spiro atoms. The predicted molar refractivity (Wildman–Crippen MR) is 94.0 cm³/mol. The molecule has 1 aliphatic carbocycles. The molecule has 0 aliphatic heterocycles. The van der Waals surface area contributed by atoms with Crippen molar-refractivity contribution < 1.29 is 56.5 Å². The zero-order chi connectivity index (χ0) is 17.6. The fraction of sp³-hybridized carbons (Fsp3) is 0.789. The van der Waals surface area contributed by atoms with E-state index in [0.717, 1.165) is 19.3 Å². The van der Waals surface area contributed by atoms with Crippen molar-refractivity contribution in [2.45, 2.75) is 65.6 Å². The Morgan fingerprint density at radius 3 is 2.28 bits per heavy atom. The number of rotatable bonds is 7. The van der Waals surface area contributed by atoms with Crippen molar-refractivity contribution in [3.05, 3.63) is 14.4 Å². The average Bonchev–Trinajstić information content (AvgIpc) is 2.52. The van der Waals surface area contributed by atoms with E-state index in [4.69, 9.17) is 14.2 Å². The second kappa shape index (κ2) is 12.3. The minimum atomic E-state index is -0.847. The number of carbonyl (C=O) groups is 2.